The quantitative estimate of drug-likeness (QED) is 0.191. The summed E-state index contributed by atoms with van der Waals surface area (Å²) in [7, 11) is 0. The number of hydrogen-bond donors (Lipinski definition) is 2. The average Bonchev–Trinajstić information content (AvgIpc) is 3.31. The van der Waals surface area contributed by atoms with Gasteiger partial charge in [0.15, 0.2) is 10.9 Å². The van der Waals surface area contributed by atoms with Gasteiger partial charge in [0, 0.05) is 16.3 Å². The first kappa shape index (κ1) is 24.2. The fourth-order valence-electron chi connectivity index (χ4n) is 2.90. The second-order valence-electron chi connectivity index (χ2n) is 7.01. The van der Waals surface area contributed by atoms with E-state index in [-0.39, 0.29) is 5.75 Å². The molecular formula is C23H16ClF3N6OS. The van der Waals surface area contributed by atoms with Crippen LogP contribution in [0.25, 0.3) is 17.1 Å². The number of hydrogen-bond acceptors (Lipinski definition) is 5. The molecule has 0 saturated carbocycles. The Morgan fingerprint density at radius 3 is 2.34 bits per heavy atom. The van der Waals surface area contributed by atoms with E-state index in [0.717, 1.165) is 16.8 Å². The molecule has 0 spiro atoms. The maximum Gasteiger partial charge on any atom is 0.573 e. The number of halogens is 4. The van der Waals surface area contributed by atoms with E-state index in [1.807, 2.05) is 24.3 Å². The number of rotatable bonds is 6. The number of alkyl halides is 3. The molecule has 4 aromatic rings. The van der Waals surface area contributed by atoms with Crippen molar-refractivity contribution in [2.24, 2.45) is 5.10 Å². The van der Waals surface area contributed by atoms with Crippen molar-refractivity contribution in [2.75, 3.05) is 5.32 Å². The molecular weight excluding hydrogens is 501 g/mol. The van der Waals surface area contributed by atoms with Crippen molar-refractivity contribution in [3.8, 4) is 22.8 Å². The average molecular weight is 517 g/mol. The highest BCUT2D eigenvalue weighted by molar-refractivity contribution is 7.80. The van der Waals surface area contributed by atoms with Gasteiger partial charge in [-0.3, -0.25) is 5.43 Å². The van der Waals surface area contributed by atoms with Gasteiger partial charge in [0.25, 0.3) is 0 Å². The van der Waals surface area contributed by atoms with Crippen molar-refractivity contribution in [2.45, 2.75) is 6.36 Å². The number of nitrogens with zero attached hydrogens (tertiary/aromatic N) is 4. The summed E-state index contributed by atoms with van der Waals surface area (Å²) in [5.41, 5.74) is 5.63. The highest BCUT2D eigenvalue weighted by atomic mass is 35.5. The molecule has 2 N–H and O–H groups in total. The van der Waals surface area contributed by atoms with Crippen LogP contribution in [0.4, 0.5) is 18.9 Å². The number of ether oxygens (including phenoxy) is 1. The minimum atomic E-state index is -4.74. The van der Waals surface area contributed by atoms with Crippen LogP contribution in [-0.4, -0.2) is 32.5 Å². The molecule has 178 valence electrons. The van der Waals surface area contributed by atoms with Crippen molar-refractivity contribution in [1.82, 2.24) is 20.2 Å². The van der Waals surface area contributed by atoms with E-state index in [4.69, 9.17) is 23.8 Å². The molecule has 0 amide bonds. The van der Waals surface area contributed by atoms with Gasteiger partial charge in [-0.15, -0.1) is 18.3 Å². The second-order valence-corrected chi connectivity index (χ2v) is 7.85. The summed E-state index contributed by atoms with van der Waals surface area (Å²) < 4.78 is 42.3. The highest BCUT2D eigenvalue weighted by Crippen LogP contribution is 2.24. The maximum absolute atomic E-state index is 12.3. The van der Waals surface area contributed by atoms with Crippen molar-refractivity contribution in [3.05, 3.63) is 89.7 Å². The lowest BCUT2D eigenvalue weighted by Crippen LogP contribution is -2.23. The van der Waals surface area contributed by atoms with Crippen molar-refractivity contribution < 1.29 is 17.9 Å². The molecule has 0 aliphatic carbocycles. The zero-order valence-corrected chi connectivity index (χ0v) is 19.3. The molecule has 35 heavy (non-hydrogen) atoms. The molecule has 0 bridgehead atoms. The van der Waals surface area contributed by atoms with Gasteiger partial charge in [0.2, 0.25) is 0 Å². The summed E-state index contributed by atoms with van der Waals surface area (Å²) in [6, 6.07) is 19.7. The largest absolute Gasteiger partial charge is 0.573 e. The fourth-order valence-corrected chi connectivity index (χ4v) is 3.19. The Morgan fingerprint density at radius 2 is 1.69 bits per heavy atom. The van der Waals surface area contributed by atoms with Crippen LogP contribution in [0.5, 0.6) is 5.75 Å². The van der Waals surface area contributed by atoms with Gasteiger partial charge in [-0.25, -0.2) is 9.67 Å². The SMILES string of the molecule is FC(F)(F)Oc1ccc(-n2cnc(-c3ccc(C=NNC(=S)Nc4ccc(Cl)cc4)cc3)n2)cc1. The van der Waals surface area contributed by atoms with E-state index in [2.05, 4.69) is 30.7 Å². The van der Waals surface area contributed by atoms with Crippen LogP contribution in [0.3, 0.4) is 0 Å². The number of hydrazone groups is 1. The predicted molar refractivity (Wildman–Crippen MR) is 132 cm³/mol. The van der Waals surface area contributed by atoms with Crippen molar-refractivity contribution in [3.63, 3.8) is 0 Å². The summed E-state index contributed by atoms with van der Waals surface area (Å²) in [6.07, 6.45) is -1.66. The normalized spacial score (nSPS) is 11.4. The molecule has 7 nitrogen and oxygen atoms in total. The Hall–Kier alpha value is -3.96. The number of nitrogens with one attached hydrogen (secondary N) is 2. The monoisotopic (exact) mass is 516 g/mol. The van der Waals surface area contributed by atoms with E-state index in [0.29, 0.717) is 21.6 Å². The summed E-state index contributed by atoms with van der Waals surface area (Å²) in [4.78, 5) is 4.27. The van der Waals surface area contributed by atoms with Gasteiger partial charge in [0.1, 0.15) is 12.1 Å². The number of thiocarbonyl (C=S) groups is 1. The Bertz CT molecular complexity index is 1320. The molecule has 1 aromatic heterocycles. The van der Waals surface area contributed by atoms with E-state index < -0.39 is 6.36 Å². The van der Waals surface area contributed by atoms with Crippen LogP contribution in [0, 0.1) is 0 Å². The highest BCUT2D eigenvalue weighted by Gasteiger charge is 2.31. The molecule has 0 radical (unpaired) electrons. The van der Waals surface area contributed by atoms with Gasteiger partial charge in [-0.2, -0.15) is 5.10 Å². The van der Waals surface area contributed by atoms with E-state index >= 15 is 0 Å². The molecule has 12 heteroatoms. The first-order valence-electron chi connectivity index (χ1n) is 9.99. The molecule has 0 saturated heterocycles. The lowest BCUT2D eigenvalue weighted by molar-refractivity contribution is -0.274. The van der Waals surface area contributed by atoms with E-state index in [9.17, 15) is 13.2 Å². The minimum absolute atomic E-state index is 0.310. The van der Waals surface area contributed by atoms with Crippen LogP contribution < -0.4 is 15.5 Å². The number of anilines is 1. The maximum atomic E-state index is 12.3. The van der Waals surface area contributed by atoms with Crippen molar-refractivity contribution in [1.29, 1.82) is 0 Å². The first-order chi connectivity index (χ1) is 16.7. The molecule has 0 aliphatic rings. The standard InChI is InChI=1S/C23H16ClF3N6OS/c24-17-5-7-18(8-6-17)30-22(35)31-29-13-15-1-3-16(4-2-15)21-28-14-33(32-21)19-9-11-20(12-10-19)34-23(25,26)27/h1-14H,(H2,30,31,35). The summed E-state index contributed by atoms with van der Waals surface area (Å²) >= 11 is 11.1. The van der Waals surface area contributed by atoms with Crippen LogP contribution in [0.1, 0.15) is 5.56 Å². The lowest BCUT2D eigenvalue weighted by atomic mass is 10.1. The summed E-state index contributed by atoms with van der Waals surface area (Å²) in [5.74, 6) is 0.144. The fraction of sp³-hybridized carbons (Fsp3) is 0.0435. The summed E-state index contributed by atoms with van der Waals surface area (Å²) in [5, 5.41) is 12.4. The molecule has 0 unspecified atom stereocenters. The second kappa shape index (κ2) is 10.5. The summed E-state index contributed by atoms with van der Waals surface area (Å²) in [6.45, 7) is 0. The Labute approximate surface area is 208 Å². The minimum Gasteiger partial charge on any atom is -0.406 e. The van der Waals surface area contributed by atoms with Crippen LogP contribution in [0.15, 0.2) is 84.2 Å². The van der Waals surface area contributed by atoms with Crippen LogP contribution >= 0.6 is 23.8 Å². The van der Waals surface area contributed by atoms with E-state index in [1.54, 1.807) is 30.5 Å². The molecule has 0 aliphatic heterocycles. The predicted octanol–water partition coefficient (Wildman–Crippen LogP) is 5.81. The third kappa shape index (κ3) is 7.01. The van der Waals surface area contributed by atoms with Gasteiger partial charge in [0.05, 0.1) is 11.9 Å². The van der Waals surface area contributed by atoms with Gasteiger partial charge < -0.3 is 10.1 Å². The van der Waals surface area contributed by atoms with Crippen LogP contribution in [-0.2, 0) is 0 Å². The topological polar surface area (TPSA) is 76.4 Å². The van der Waals surface area contributed by atoms with E-state index in [1.165, 1.54) is 35.3 Å². The third-order valence-electron chi connectivity index (χ3n) is 4.48. The third-order valence-corrected chi connectivity index (χ3v) is 4.92. The lowest BCUT2D eigenvalue weighted by Gasteiger charge is -2.09. The zero-order valence-electron chi connectivity index (χ0n) is 17.7. The smallest absolute Gasteiger partial charge is 0.406 e. The molecule has 0 atom stereocenters. The number of benzene rings is 3. The Balaban J connectivity index is 1.34. The molecule has 0 fully saturated rings. The van der Waals surface area contributed by atoms with Gasteiger partial charge in [-0.1, -0.05) is 35.9 Å². The first-order valence-corrected chi connectivity index (χ1v) is 10.8. The van der Waals surface area contributed by atoms with Crippen LogP contribution in [0.2, 0.25) is 5.02 Å². The van der Waals surface area contributed by atoms with Crippen molar-refractivity contribution >= 4 is 40.8 Å². The molecule has 3 aromatic carbocycles. The molecule has 1 heterocycles. The zero-order chi connectivity index (χ0) is 24.8. The van der Waals surface area contributed by atoms with Gasteiger partial charge >= 0.3 is 6.36 Å². The number of aromatic nitrogens is 3. The Morgan fingerprint density at radius 1 is 1.00 bits per heavy atom. The molecule has 4 rings (SSSR count). The van der Waals surface area contributed by atoms with Gasteiger partial charge in [-0.05, 0) is 66.3 Å². The Kier molecular flexibility index (Phi) is 7.28.